The Morgan fingerprint density at radius 2 is 2.29 bits per heavy atom. The number of nitrogens with zero attached hydrogens (tertiary/aromatic N) is 1. The van der Waals surface area contributed by atoms with Crippen LogP contribution in [0.1, 0.15) is 6.42 Å². The maximum absolute atomic E-state index is 11.2. The SMILES string of the molecule is N[C@@H](CCn1ccccc1=O)C(=O)O. The third kappa shape index (κ3) is 2.70. The normalized spacial score (nSPS) is 12.4. The molecule has 0 spiro atoms. The molecule has 0 aromatic carbocycles. The predicted molar refractivity (Wildman–Crippen MR) is 50.9 cm³/mol. The molecule has 76 valence electrons. The summed E-state index contributed by atoms with van der Waals surface area (Å²) >= 11 is 0. The first-order chi connectivity index (χ1) is 6.61. The molecule has 0 fully saturated rings. The number of pyridine rings is 1. The van der Waals surface area contributed by atoms with E-state index in [4.69, 9.17) is 10.8 Å². The molecule has 1 heterocycles. The number of carboxylic acids is 1. The Bertz CT molecular complexity index is 372. The molecule has 5 heteroatoms. The van der Waals surface area contributed by atoms with Crippen molar-refractivity contribution in [3.8, 4) is 0 Å². The molecule has 0 unspecified atom stereocenters. The molecule has 0 aliphatic rings. The van der Waals surface area contributed by atoms with Crippen LogP contribution < -0.4 is 11.3 Å². The molecule has 1 atom stereocenters. The van der Waals surface area contributed by atoms with Crippen LogP contribution in [0, 0.1) is 0 Å². The highest BCUT2D eigenvalue weighted by atomic mass is 16.4. The highest BCUT2D eigenvalue weighted by Crippen LogP contribution is 1.92. The molecule has 0 saturated carbocycles. The second-order valence-electron chi connectivity index (χ2n) is 2.97. The first-order valence-corrected chi connectivity index (χ1v) is 4.25. The smallest absolute Gasteiger partial charge is 0.320 e. The average Bonchev–Trinajstić information content (AvgIpc) is 2.16. The van der Waals surface area contributed by atoms with Gasteiger partial charge in [-0.05, 0) is 12.5 Å². The summed E-state index contributed by atoms with van der Waals surface area (Å²) in [5.74, 6) is -1.05. The number of aromatic nitrogens is 1. The summed E-state index contributed by atoms with van der Waals surface area (Å²) in [6.07, 6.45) is 1.86. The first-order valence-electron chi connectivity index (χ1n) is 4.25. The average molecular weight is 196 g/mol. The number of hydrogen-bond donors (Lipinski definition) is 2. The van der Waals surface area contributed by atoms with E-state index in [1.54, 1.807) is 18.3 Å². The Morgan fingerprint density at radius 3 is 2.86 bits per heavy atom. The molecular formula is C9H12N2O3. The summed E-state index contributed by atoms with van der Waals surface area (Å²) < 4.78 is 1.43. The Balaban J connectivity index is 2.58. The highest BCUT2D eigenvalue weighted by molar-refractivity contribution is 5.72. The second kappa shape index (κ2) is 4.57. The molecule has 0 amide bonds. The lowest BCUT2D eigenvalue weighted by Gasteiger charge is -2.07. The lowest BCUT2D eigenvalue weighted by molar-refractivity contribution is -0.138. The van der Waals surface area contributed by atoms with Crippen molar-refractivity contribution in [1.29, 1.82) is 0 Å². The van der Waals surface area contributed by atoms with Crippen LogP contribution in [0.25, 0.3) is 0 Å². The minimum Gasteiger partial charge on any atom is -0.480 e. The standard InChI is InChI=1S/C9H12N2O3/c10-7(9(13)14)4-6-11-5-2-1-3-8(11)12/h1-3,5,7H,4,6,10H2,(H,13,14)/t7-/m0/s1. The maximum Gasteiger partial charge on any atom is 0.320 e. The van der Waals surface area contributed by atoms with Crippen molar-refractivity contribution < 1.29 is 9.90 Å². The summed E-state index contributed by atoms with van der Waals surface area (Å²) in [5, 5.41) is 8.52. The Hall–Kier alpha value is -1.62. The van der Waals surface area contributed by atoms with E-state index < -0.39 is 12.0 Å². The molecular weight excluding hydrogens is 184 g/mol. The van der Waals surface area contributed by atoms with Crippen molar-refractivity contribution in [2.45, 2.75) is 19.0 Å². The molecule has 1 aromatic heterocycles. The Kier molecular flexibility index (Phi) is 3.41. The van der Waals surface area contributed by atoms with Crippen LogP contribution >= 0.6 is 0 Å². The van der Waals surface area contributed by atoms with Gasteiger partial charge in [0.15, 0.2) is 0 Å². The topological polar surface area (TPSA) is 85.3 Å². The molecule has 0 radical (unpaired) electrons. The monoisotopic (exact) mass is 196 g/mol. The third-order valence-corrected chi connectivity index (χ3v) is 1.90. The van der Waals surface area contributed by atoms with E-state index in [0.29, 0.717) is 6.54 Å². The molecule has 5 nitrogen and oxygen atoms in total. The van der Waals surface area contributed by atoms with Gasteiger partial charge < -0.3 is 15.4 Å². The fraction of sp³-hybridized carbons (Fsp3) is 0.333. The van der Waals surface area contributed by atoms with Crippen LogP contribution in [-0.2, 0) is 11.3 Å². The van der Waals surface area contributed by atoms with Gasteiger partial charge in [0, 0.05) is 18.8 Å². The summed E-state index contributed by atoms with van der Waals surface area (Å²) in [6.45, 7) is 0.327. The van der Waals surface area contributed by atoms with Crippen LogP contribution in [0.15, 0.2) is 29.2 Å². The van der Waals surface area contributed by atoms with E-state index in [1.165, 1.54) is 10.6 Å². The van der Waals surface area contributed by atoms with E-state index in [1.807, 2.05) is 0 Å². The quantitative estimate of drug-likeness (QED) is 0.689. The zero-order valence-corrected chi connectivity index (χ0v) is 7.59. The summed E-state index contributed by atoms with van der Waals surface area (Å²) in [5.41, 5.74) is 5.15. The van der Waals surface area contributed by atoms with Gasteiger partial charge in [-0.25, -0.2) is 0 Å². The van der Waals surface area contributed by atoms with Gasteiger partial charge in [-0.3, -0.25) is 9.59 Å². The van der Waals surface area contributed by atoms with Crippen LogP contribution in [0.4, 0.5) is 0 Å². The van der Waals surface area contributed by atoms with Gasteiger partial charge >= 0.3 is 5.97 Å². The van der Waals surface area contributed by atoms with Crippen molar-refractivity contribution in [2.75, 3.05) is 0 Å². The maximum atomic E-state index is 11.2. The lowest BCUT2D eigenvalue weighted by atomic mass is 10.2. The number of aliphatic carboxylic acids is 1. The van der Waals surface area contributed by atoms with Gasteiger partial charge in [0.1, 0.15) is 6.04 Å². The van der Waals surface area contributed by atoms with E-state index in [2.05, 4.69) is 0 Å². The van der Waals surface area contributed by atoms with Gasteiger partial charge in [-0.2, -0.15) is 0 Å². The molecule has 0 aliphatic heterocycles. The largest absolute Gasteiger partial charge is 0.480 e. The minimum atomic E-state index is -1.05. The predicted octanol–water partition coefficient (Wildman–Crippen LogP) is -0.350. The van der Waals surface area contributed by atoms with Crippen molar-refractivity contribution in [1.82, 2.24) is 4.57 Å². The Labute approximate surface area is 80.8 Å². The highest BCUT2D eigenvalue weighted by Gasteiger charge is 2.10. The molecule has 0 saturated heterocycles. The Morgan fingerprint density at radius 1 is 1.57 bits per heavy atom. The zero-order chi connectivity index (χ0) is 10.6. The van der Waals surface area contributed by atoms with E-state index in [0.717, 1.165) is 0 Å². The third-order valence-electron chi connectivity index (χ3n) is 1.90. The number of nitrogens with two attached hydrogens (primary N) is 1. The molecule has 1 rings (SSSR count). The summed E-state index contributed by atoms with van der Waals surface area (Å²) in [7, 11) is 0. The van der Waals surface area contributed by atoms with Gasteiger partial charge in [0.05, 0.1) is 0 Å². The number of carbonyl (C=O) groups is 1. The van der Waals surface area contributed by atoms with Crippen molar-refractivity contribution >= 4 is 5.97 Å². The van der Waals surface area contributed by atoms with Gasteiger partial charge in [0.2, 0.25) is 5.56 Å². The summed E-state index contributed by atoms with van der Waals surface area (Å²) in [6, 6.07) is 3.86. The van der Waals surface area contributed by atoms with Crippen molar-refractivity contribution in [3.63, 3.8) is 0 Å². The van der Waals surface area contributed by atoms with Crippen LogP contribution in [0.3, 0.4) is 0 Å². The van der Waals surface area contributed by atoms with Gasteiger partial charge in [0.25, 0.3) is 0 Å². The molecule has 1 aromatic rings. The number of aryl methyl sites for hydroxylation is 1. The van der Waals surface area contributed by atoms with E-state index in [-0.39, 0.29) is 12.0 Å². The number of carboxylic acid groups (broad SMARTS) is 1. The molecule has 3 N–H and O–H groups in total. The lowest BCUT2D eigenvalue weighted by Crippen LogP contribution is -2.32. The van der Waals surface area contributed by atoms with Gasteiger partial charge in [-0.15, -0.1) is 0 Å². The zero-order valence-electron chi connectivity index (χ0n) is 7.59. The fourth-order valence-corrected chi connectivity index (χ4v) is 1.05. The molecule has 14 heavy (non-hydrogen) atoms. The number of rotatable bonds is 4. The van der Waals surface area contributed by atoms with Crippen molar-refractivity contribution in [3.05, 3.63) is 34.7 Å². The van der Waals surface area contributed by atoms with E-state index >= 15 is 0 Å². The number of hydrogen-bond acceptors (Lipinski definition) is 3. The van der Waals surface area contributed by atoms with Crippen molar-refractivity contribution in [2.24, 2.45) is 5.73 Å². The fourth-order valence-electron chi connectivity index (χ4n) is 1.05. The van der Waals surface area contributed by atoms with Crippen LogP contribution in [-0.4, -0.2) is 21.7 Å². The first kappa shape index (κ1) is 10.5. The summed E-state index contributed by atoms with van der Waals surface area (Å²) in [4.78, 5) is 21.6. The second-order valence-corrected chi connectivity index (χ2v) is 2.97. The van der Waals surface area contributed by atoms with Crippen LogP contribution in [0.5, 0.6) is 0 Å². The van der Waals surface area contributed by atoms with Gasteiger partial charge in [-0.1, -0.05) is 6.07 Å². The van der Waals surface area contributed by atoms with E-state index in [9.17, 15) is 9.59 Å². The van der Waals surface area contributed by atoms with Crippen LogP contribution in [0.2, 0.25) is 0 Å². The minimum absolute atomic E-state index is 0.148. The molecule has 0 bridgehead atoms. The molecule has 0 aliphatic carbocycles.